The number of nitrogens with zero attached hydrogens (tertiary/aromatic N) is 4. The molecular weight excluding hydrogens is 564 g/mol. The quantitative estimate of drug-likeness (QED) is 0.194. The first-order valence-electron chi connectivity index (χ1n) is 13.4. The summed E-state index contributed by atoms with van der Waals surface area (Å²) >= 11 is 8.07. The number of aryl methyl sites for hydroxylation is 1. The van der Waals surface area contributed by atoms with Crippen molar-refractivity contribution in [2.75, 3.05) is 14.2 Å². The van der Waals surface area contributed by atoms with E-state index in [4.69, 9.17) is 36.1 Å². The summed E-state index contributed by atoms with van der Waals surface area (Å²) in [4.78, 5) is 10.5. The van der Waals surface area contributed by atoms with E-state index in [9.17, 15) is 0 Å². The molecule has 42 heavy (non-hydrogen) atoms. The van der Waals surface area contributed by atoms with Crippen molar-refractivity contribution < 1.29 is 9.47 Å². The van der Waals surface area contributed by atoms with E-state index < -0.39 is 0 Å². The molecule has 0 unspecified atom stereocenters. The molecule has 0 aliphatic heterocycles. The van der Waals surface area contributed by atoms with Gasteiger partial charge in [0.1, 0.15) is 16.5 Å². The van der Waals surface area contributed by atoms with Gasteiger partial charge in [0.2, 0.25) is 0 Å². The molecule has 7 rings (SSSR count). The molecule has 206 valence electrons. The number of ether oxygens (including phenoxy) is 2. The van der Waals surface area contributed by atoms with Crippen molar-refractivity contribution in [3.8, 4) is 50.1 Å². The van der Waals surface area contributed by atoms with Gasteiger partial charge in [-0.15, -0.1) is 11.3 Å². The van der Waals surface area contributed by atoms with Gasteiger partial charge in [-0.25, -0.2) is 14.6 Å². The standard InChI is InChI=1S/C34H25ClN4O2S/c1-20-29-30(25-19-24(40-2)16-17-27(25)41-3)31(34-36-26-14-7-8-15-28(26)42-34)32(21-10-5-4-6-11-21)37-33(29)39(38-20)23-13-9-12-22(35)18-23/h4-19H,1-3H3. The number of hydrogen-bond donors (Lipinski definition) is 0. The summed E-state index contributed by atoms with van der Waals surface area (Å²) in [6, 6.07) is 31.9. The van der Waals surface area contributed by atoms with Crippen LogP contribution in [-0.2, 0) is 0 Å². The smallest absolute Gasteiger partial charge is 0.164 e. The molecule has 0 fully saturated rings. The van der Waals surface area contributed by atoms with Crippen LogP contribution >= 0.6 is 22.9 Å². The number of rotatable bonds is 6. The van der Waals surface area contributed by atoms with Gasteiger partial charge >= 0.3 is 0 Å². The van der Waals surface area contributed by atoms with Crippen molar-refractivity contribution >= 4 is 44.2 Å². The highest BCUT2D eigenvalue weighted by atomic mass is 35.5. The molecule has 0 radical (unpaired) electrons. The van der Waals surface area contributed by atoms with Crippen molar-refractivity contribution in [1.82, 2.24) is 19.7 Å². The third-order valence-electron chi connectivity index (χ3n) is 7.27. The monoisotopic (exact) mass is 588 g/mol. The molecule has 7 aromatic rings. The first kappa shape index (κ1) is 26.2. The maximum absolute atomic E-state index is 6.43. The maximum Gasteiger partial charge on any atom is 0.164 e. The third kappa shape index (κ3) is 4.38. The Labute approximate surface area is 251 Å². The number of benzene rings is 4. The molecule has 0 N–H and O–H groups in total. The first-order chi connectivity index (χ1) is 20.6. The van der Waals surface area contributed by atoms with Crippen LogP contribution in [-0.4, -0.2) is 34.0 Å². The summed E-state index contributed by atoms with van der Waals surface area (Å²) in [5.41, 5.74) is 7.75. The second-order valence-corrected chi connectivity index (χ2v) is 11.3. The van der Waals surface area contributed by atoms with Crippen molar-refractivity contribution in [3.05, 3.63) is 108 Å². The topological polar surface area (TPSA) is 62.1 Å². The number of thiazole rings is 1. The van der Waals surface area contributed by atoms with Crippen LogP contribution in [0.15, 0.2) is 97.1 Å². The van der Waals surface area contributed by atoms with Gasteiger partial charge in [-0.05, 0) is 55.5 Å². The van der Waals surface area contributed by atoms with Crippen LogP contribution in [0.25, 0.3) is 59.9 Å². The van der Waals surface area contributed by atoms with Crippen molar-refractivity contribution in [2.24, 2.45) is 0 Å². The largest absolute Gasteiger partial charge is 0.497 e. The molecule has 0 atom stereocenters. The Hall–Kier alpha value is -4.72. The lowest BCUT2D eigenvalue weighted by Gasteiger charge is -2.18. The van der Waals surface area contributed by atoms with Crippen LogP contribution in [0.5, 0.6) is 11.5 Å². The summed E-state index contributed by atoms with van der Waals surface area (Å²) in [5, 5.41) is 7.39. The molecular formula is C34H25ClN4O2S. The fourth-order valence-corrected chi connectivity index (χ4v) is 6.58. The normalized spacial score (nSPS) is 11.3. The van der Waals surface area contributed by atoms with Crippen molar-refractivity contribution in [1.29, 1.82) is 0 Å². The number of aromatic nitrogens is 4. The minimum Gasteiger partial charge on any atom is -0.497 e. The molecule has 6 nitrogen and oxygen atoms in total. The van der Waals surface area contributed by atoms with Gasteiger partial charge in [0.15, 0.2) is 5.65 Å². The fourth-order valence-electron chi connectivity index (χ4n) is 5.38. The number of methoxy groups -OCH3 is 2. The average Bonchev–Trinajstić information content (AvgIpc) is 3.61. The zero-order chi connectivity index (χ0) is 28.8. The summed E-state index contributed by atoms with van der Waals surface area (Å²) in [5.74, 6) is 1.42. The van der Waals surface area contributed by atoms with Gasteiger partial charge < -0.3 is 9.47 Å². The second-order valence-electron chi connectivity index (χ2n) is 9.81. The minimum atomic E-state index is 0.623. The molecule has 0 spiro atoms. The van der Waals surface area contributed by atoms with E-state index in [2.05, 4.69) is 18.2 Å². The number of pyridine rings is 1. The molecule has 0 amide bonds. The zero-order valence-electron chi connectivity index (χ0n) is 23.1. The lowest BCUT2D eigenvalue weighted by Crippen LogP contribution is -2.01. The van der Waals surface area contributed by atoms with Crippen LogP contribution in [0.1, 0.15) is 5.69 Å². The molecule has 0 bridgehead atoms. The fraction of sp³-hybridized carbons (Fsp3) is 0.0882. The summed E-state index contributed by atoms with van der Waals surface area (Å²) < 4.78 is 14.6. The minimum absolute atomic E-state index is 0.623. The van der Waals surface area contributed by atoms with E-state index in [1.54, 1.807) is 25.6 Å². The maximum atomic E-state index is 6.43. The van der Waals surface area contributed by atoms with Crippen molar-refractivity contribution in [2.45, 2.75) is 6.92 Å². The predicted molar refractivity (Wildman–Crippen MR) is 171 cm³/mol. The molecule has 0 saturated carbocycles. The predicted octanol–water partition coefficient (Wildman–Crippen LogP) is 9.01. The van der Waals surface area contributed by atoms with E-state index >= 15 is 0 Å². The molecule has 3 heterocycles. The Bertz CT molecular complexity index is 2070. The number of para-hydroxylation sites is 1. The molecule has 4 aromatic carbocycles. The van der Waals surface area contributed by atoms with E-state index in [-0.39, 0.29) is 0 Å². The van der Waals surface area contributed by atoms with Crippen molar-refractivity contribution in [3.63, 3.8) is 0 Å². The number of halogens is 1. The summed E-state index contributed by atoms with van der Waals surface area (Å²) in [6.07, 6.45) is 0. The van der Waals surface area contributed by atoms with Crippen LogP contribution in [0, 0.1) is 6.92 Å². The summed E-state index contributed by atoms with van der Waals surface area (Å²) in [7, 11) is 3.35. The Morgan fingerprint density at radius 1 is 0.786 bits per heavy atom. The molecule has 8 heteroatoms. The SMILES string of the molecule is COc1ccc(OC)c(-c2c(-c3nc4ccccc4s3)c(-c3ccccc3)nc3c2c(C)nn3-c2cccc(Cl)c2)c1. The van der Waals surface area contributed by atoms with Crippen LogP contribution in [0.4, 0.5) is 0 Å². The molecule has 0 aliphatic rings. The Kier molecular flexibility index (Phi) is 6.61. The highest BCUT2D eigenvalue weighted by molar-refractivity contribution is 7.21. The van der Waals surface area contributed by atoms with Crippen LogP contribution < -0.4 is 9.47 Å². The molecule has 0 aliphatic carbocycles. The lowest BCUT2D eigenvalue weighted by molar-refractivity contribution is 0.404. The summed E-state index contributed by atoms with van der Waals surface area (Å²) in [6.45, 7) is 2.01. The Balaban J connectivity index is 1.70. The van der Waals surface area contributed by atoms with E-state index in [1.165, 1.54) is 0 Å². The van der Waals surface area contributed by atoms with Gasteiger partial charge in [-0.1, -0.05) is 60.1 Å². The number of hydrogen-bond acceptors (Lipinski definition) is 6. The average molecular weight is 589 g/mol. The highest BCUT2D eigenvalue weighted by Crippen LogP contribution is 2.49. The highest BCUT2D eigenvalue weighted by Gasteiger charge is 2.28. The van der Waals surface area contributed by atoms with E-state index in [1.807, 2.05) is 90.5 Å². The first-order valence-corrected chi connectivity index (χ1v) is 14.6. The van der Waals surface area contributed by atoms with Crippen LogP contribution in [0.3, 0.4) is 0 Å². The molecule has 3 aromatic heterocycles. The van der Waals surface area contributed by atoms with Crippen LogP contribution in [0.2, 0.25) is 5.02 Å². The van der Waals surface area contributed by atoms with Gasteiger partial charge in [0.05, 0.1) is 46.9 Å². The third-order valence-corrected chi connectivity index (χ3v) is 8.56. The van der Waals surface area contributed by atoms with E-state index in [0.29, 0.717) is 22.2 Å². The van der Waals surface area contributed by atoms with Gasteiger partial charge in [0, 0.05) is 27.3 Å². The van der Waals surface area contributed by atoms with E-state index in [0.717, 1.165) is 59.9 Å². The Morgan fingerprint density at radius 3 is 2.36 bits per heavy atom. The number of fused-ring (bicyclic) bond motifs is 2. The van der Waals surface area contributed by atoms with Gasteiger partial charge in [-0.3, -0.25) is 0 Å². The lowest BCUT2D eigenvalue weighted by atomic mass is 9.92. The molecule has 0 saturated heterocycles. The van der Waals surface area contributed by atoms with Gasteiger partial charge in [-0.2, -0.15) is 5.10 Å². The van der Waals surface area contributed by atoms with Gasteiger partial charge in [0.25, 0.3) is 0 Å². The second kappa shape index (κ2) is 10.6. The Morgan fingerprint density at radius 2 is 1.60 bits per heavy atom. The zero-order valence-corrected chi connectivity index (χ0v) is 24.7.